The highest BCUT2D eigenvalue weighted by atomic mass is 35.5. The van der Waals surface area contributed by atoms with Gasteiger partial charge in [0.2, 0.25) is 11.9 Å². The van der Waals surface area contributed by atoms with E-state index in [1.807, 2.05) is 0 Å². The summed E-state index contributed by atoms with van der Waals surface area (Å²) in [6.07, 6.45) is 5.01. The molecule has 3 rings (SSSR count). The fourth-order valence-corrected chi connectivity index (χ4v) is 4.32. The van der Waals surface area contributed by atoms with Gasteiger partial charge in [0, 0.05) is 49.2 Å². The van der Waals surface area contributed by atoms with Gasteiger partial charge in [0.25, 0.3) is 0 Å². The van der Waals surface area contributed by atoms with E-state index >= 15 is 0 Å². The van der Waals surface area contributed by atoms with E-state index in [0.717, 1.165) is 0 Å². The molecule has 1 aliphatic rings. The van der Waals surface area contributed by atoms with Crippen LogP contribution in [0.3, 0.4) is 0 Å². The zero-order valence-electron chi connectivity index (χ0n) is 19.4. The lowest BCUT2D eigenvalue weighted by atomic mass is 10.1. The third-order valence-electron chi connectivity index (χ3n) is 5.41. The number of anilines is 1. The van der Waals surface area contributed by atoms with Crippen molar-refractivity contribution in [2.75, 3.05) is 39.7 Å². The fraction of sp³-hybridized carbons (Fsp3) is 0.304. The van der Waals surface area contributed by atoms with Gasteiger partial charge in [0.1, 0.15) is 17.2 Å². The van der Waals surface area contributed by atoms with E-state index in [9.17, 15) is 9.59 Å². The van der Waals surface area contributed by atoms with Crippen LogP contribution < -0.4 is 30.7 Å². The molecule has 186 valence electrons. The number of rotatable bonds is 10. The topological polar surface area (TPSA) is 127 Å². The highest BCUT2D eigenvalue weighted by molar-refractivity contribution is 6.39. The fourth-order valence-electron chi connectivity index (χ4n) is 3.62. The average Bonchev–Trinajstić information content (AvgIpc) is 3.30. The molecular weight excluding hydrogens is 495 g/mol. The summed E-state index contributed by atoms with van der Waals surface area (Å²) < 4.78 is 10.7. The molecule has 0 aliphatic carbocycles. The van der Waals surface area contributed by atoms with E-state index < -0.39 is 0 Å². The molecule has 0 radical (unpaired) electrons. The minimum atomic E-state index is -0.272. The second-order valence-electron chi connectivity index (χ2n) is 7.47. The monoisotopic (exact) mass is 520 g/mol. The summed E-state index contributed by atoms with van der Waals surface area (Å²) in [5.74, 6) is 0.727. The van der Waals surface area contributed by atoms with Crippen LogP contribution in [0.5, 0.6) is 11.5 Å². The quantitative estimate of drug-likeness (QED) is 0.275. The van der Waals surface area contributed by atoms with E-state index in [-0.39, 0.29) is 39.7 Å². The maximum atomic E-state index is 11.9. The highest BCUT2D eigenvalue weighted by Crippen LogP contribution is 2.43. The number of hydrogen-bond acceptors (Lipinski definition) is 9. The highest BCUT2D eigenvalue weighted by Gasteiger charge is 2.28. The number of nitrogens with one attached hydrogen (secondary N) is 4. The van der Waals surface area contributed by atoms with Crippen molar-refractivity contribution >= 4 is 53.1 Å². The van der Waals surface area contributed by atoms with Crippen LogP contribution in [0.15, 0.2) is 24.9 Å². The number of methoxy groups -OCH3 is 2. The number of ether oxygens (including phenoxy) is 2. The van der Waals surface area contributed by atoms with E-state index in [2.05, 4.69) is 37.8 Å². The average molecular weight is 521 g/mol. The number of carbonyl (C=O) groups is 2. The number of amides is 1. The van der Waals surface area contributed by atoms with Gasteiger partial charge in [-0.15, -0.1) is 0 Å². The van der Waals surface area contributed by atoms with Crippen molar-refractivity contribution in [2.45, 2.75) is 12.1 Å². The first kappa shape index (κ1) is 26.3. The molecular formula is C23H26Cl2N6O4. The smallest absolute Gasteiger partial charge is 0.243 e. The SMILES string of the molecule is C=CC(=O)NC1CNCC1Nc1ncc(/C=C(\NC)c2c(Cl)c(OC)cc(OC)c2Cl)c(C=O)n1. The third kappa shape index (κ3) is 5.84. The molecule has 1 aliphatic heterocycles. The van der Waals surface area contributed by atoms with Crippen LogP contribution >= 0.6 is 23.2 Å². The van der Waals surface area contributed by atoms with Crippen molar-refractivity contribution < 1.29 is 19.1 Å². The van der Waals surface area contributed by atoms with Gasteiger partial charge in [0.15, 0.2) is 6.29 Å². The Hall–Kier alpha value is -3.34. The summed E-state index contributed by atoms with van der Waals surface area (Å²) in [6, 6.07) is 1.23. The van der Waals surface area contributed by atoms with Crippen molar-refractivity contribution in [3.63, 3.8) is 0 Å². The minimum Gasteiger partial charge on any atom is -0.495 e. The molecule has 10 nitrogen and oxygen atoms in total. The van der Waals surface area contributed by atoms with Crippen LogP contribution in [-0.4, -0.2) is 68.6 Å². The first-order valence-corrected chi connectivity index (χ1v) is 11.3. The van der Waals surface area contributed by atoms with Crippen LogP contribution in [0.2, 0.25) is 10.0 Å². The van der Waals surface area contributed by atoms with Gasteiger partial charge in [0.05, 0.1) is 36.3 Å². The van der Waals surface area contributed by atoms with Gasteiger partial charge in [-0.2, -0.15) is 0 Å². The van der Waals surface area contributed by atoms with Gasteiger partial charge in [-0.05, 0) is 12.2 Å². The molecule has 1 saturated heterocycles. The Kier molecular flexibility index (Phi) is 8.91. The molecule has 2 atom stereocenters. The minimum absolute atomic E-state index is 0.148. The molecule has 35 heavy (non-hydrogen) atoms. The van der Waals surface area contributed by atoms with Crippen molar-refractivity contribution in [2.24, 2.45) is 0 Å². The maximum absolute atomic E-state index is 11.9. The molecule has 2 unspecified atom stereocenters. The summed E-state index contributed by atoms with van der Waals surface area (Å²) in [5.41, 5.74) is 1.51. The molecule has 0 bridgehead atoms. The molecule has 0 saturated carbocycles. The zero-order valence-corrected chi connectivity index (χ0v) is 21.0. The van der Waals surface area contributed by atoms with Crippen LogP contribution in [-0.2, 0) is 4.79 Å². The molecule has 12 heteroatoms. The van der Waals surface area contributed by atoms with Crippen LogP contribution in [0.4, 0.5) is 5.95 Å². The predicted molar refractivity (Wildman–Crippen MR) is 136 cm³/mol. The molecule has 2 aromatic rings. The van der Waals surface area contributed by atoms with Gasteiger partial charge in [-0.3, -0.25) is 9.59 Å². The van der Waals surface area contributed by atoms with Crippen LogP contribution in [0.25, 0.3) is 11.8 Å². The lowest BCUT2D eigenvalue weighted by Crippen LogP contribution is -2.45. The molecule has 1 amide bonds. The molecule has 1 fully saturated rings. The molecule has 0 spiro atoms. The number of benzene rings is 1. The maximum Gasteiger partial charge on any atom is 0.243 e. The summed E-state index contributed by atoms with van der Waals surface area (Å²) in [4.78, 5) is 32.2. The second kappa shape index (κ2) is 11.9. The van der Waals surface area contributed by atoms with Crippen molar-refractivity contribution in [1.82, 2.24) is 25.9 Å². The van der Waals surface area contributed by atoms with E-state index in [1.165, 1.54) is 26.5 Å². The predicted octanol–water partition coefficient (Wildman–Crippen LogP) is 2.39. The lowest BCUT2D eigenvalue weighted by molar-refractivity contribution is -0.117. The van der Waals surface area contributed by atoms with E-state index in [1.54, 1.807) is 19.2 Å². The number of halogens is 2. The van der Waals surface area contributed by atoms with Crippen molar-refractivity contribution in [1.29, 1.82) is 0 Å². The number of aromatic nitrogens is 2. The normalized spacial score (nSPS) is 17.5. The Labute approximate surface area is 213 Å². The summed E-state index contributed by atoms with van der Waals surface area (Å²) in [5, 5.41) is 12.8. The van der Waals surface area contributed by atoms with Crippen LogP contribution in [0.1, 0.15) is 21.6 Å². The Morgan fingerprint density at radius 2 is 1.86 bits per heavy atom. The first-order valence-electron chi connectivity index (χ1n) is 10.6. The first-order chi connectivity index (χ1) is 16.9. The van der Waals surface area contributed by atoms with Gasteiger partial charge >= 0.3 is 0 Å². The van der Waals surface area contributed by atoms with E-state index in [4.69, 9.17) is 32.7 Å². The second-order valence-corrected chi connectivity index (χ2v) is 8.23. The number of nitrogens with zero attached hydrogens (tertiary/aromatic N) is 2. The third-order valence-corrected chi connectivity index (χ3v) is 6.16. The summed E-state index contributed by atoms with van der Waals surface area (Å²) in [7, 11) is 4.66. The Balaban J connectivity index is 1.94. The summed E-state index contributed by atoms with van der Waals surface area (Å²) >= 11 is 13.1. The number of carbonyl (C=O) groups excluding carboxylic acids is 2. The summed E-state index contributed by atoms with van der Waals surface area (Å²) in [6.45, 7) is 4.63. The zero-order chi connectivity index (χ0) is 25.5. The Morgan fingerprint density at radius 1 is 1.20 bits per heavy atom. The number of aldehydes is 1. The van der Waals surface area contributed by atoms with Crippen molar-refractivity contribution in [3.05, 3.63) is 51.8 Å². The molecule has 2 heterocycles. The largest absolute Gasteiger partial charge is 0.495 e. The molecule has 1 aromatic carbocycles. The van der Waals surface area contributed by atoms with Gasteiger partial charge in [-0.25, -0.2) is 9.97 Å². The van der Waals surface area contributed by atoms with E-state index in [0.29, 0.717) is 47.7 Å². The van der Waals surface area contributed by atoms with Crippen molar-refractivity contribution in [3.8, 4) is 11.5 Å². The lowest BCUT2D eigenvalue weighted by Gasteiger charge is -2.20. The molecule has 1 aromatic heterocycles. The van der Waals surface area contributed by atoms with Gasteiger partial charge in [-0.1, -0.05) is 29.8 Å². The van der Waals surface area contributed by atoms with Gasteiger partial charge < -0.3 is 30.7 Å². The molecule has 4 N–H and O–H groups in total. The van der Waals surface area contributed by atoms with Crippen LogP contribution in [0, 0.1) is 0 Å². The standard InChI is InChI=1S/C23H26Cl2N6O4/c1-5-19(33)29-14-9-27-10-15(14)30-23-28-8-12(16(11-32)31-23)6-13(26-2)20-21(24)17(34-3)7-18(35-4)22(20)25/h5-8,11,14-15,26-27H,1,9-10H2,2-4H3,(H,29,33)(H,28,30,31)/b13-6-. The number of hydrogen-bond donors (Lipinski definition) is 4. The Morgan fingerprint density at radius 3 is 2.43 bits per heavy atom. The Bertz CT molecular complexity index is 1130.